The van der Waals surface area contributed by atoms with Crippen molar-refractivity contribution >= 4 is 5.78 Å². The second-order valence-corrected chi connectivity index (χ2v) is 3.29. The molecule has 0 bridgehead atoms. The van der Waals surface area contributed by atoms with Crippen molar-refractivity contribution in [1.82, 2.24) is 0 Å². The van der Waals surface area contributed by atoms with Gasteiger partial charge in [0.05, 0.1) is 7.11 Å². The highest BCUT2D eigenvalue weighted by Gasteiger charge is 2.11. The van der Waals surface area contributed by atoms with Crippen molar-refractivity contribution in [2.45, 2.75) is 13.3 Å². The number of carbonyl (C=O) groups is 1. The number of hydrogen-bond acceptors (Lipinski definition) is 3. The number of hydrogen-bond donors (Lipinski definition) is 0. The predicted molar refractivity (Wildman–Crippen MR) is 58.2 cm³/mol. The zero-order chi connectivity index (χ0) is 12.0. The summed E-state index contributed by atoms with van der Waals surface area (Å²) < 4.78 is 23.4. The van der Waals surface area contributed by atoms with Crippen molar-refractivity contribution in [2.75, 3.05) is 20.3 Å². The normalized spacial score (nSPS) is 10.2. The number of halogens is 1. The maximum atomic E-state index is 13.6. The van der Waals surface area contributed by atoms with Gasteiger partial charge in [-0.15, -0.1) is 0 Å². The van der Waals surface area contributed by atoms with Crippen molar-refractivity contribution in [3.05, 3.63) is 29.6 Å². The Bertz CT molecular complexity index is 363. The second-order valence-electron chi connectivity index (χ2n) is 3.29. The van der Waals surface area contributed by atoms with E-state index in [1.54, 1.807) is 19.1 Å². The van der Waals surface area contributed by atoms with Gasteiger partial charge in [-0.3, -0.25) is 4.79 Å². The first-order chi connectivity index (χ1) is 7.69. The van der Waals surface area contributed by atoms with Crippen LogP contribution in [0.15, 0.2) is 18.2 Å². The fourth-order valence-electron chi connectivity index (χ4n) is 1.33. The monoisotopic (exact) mass is 226 g/mol. The third kappa shape index (κ3) is 3.31. The van der Waals surface area contributed by atoms with Crippen molar-refractivity contribution in [3.8, 4) is 5.75 Å². The lowest BCUT2D eigenvalue weighted by Crippen LogP contribution is -2.12. The lowest BCUT2D eigenvalue weighted by molar-refractivity contribution is -0.122. The standard InChI is InChI=1S/C12H15FO3/c1-3-16-8-10(14)7-9-5-4-6-11(15-2)12(9)13/h4-6H,3,7-8H2,1-2H3. The average Bonchev–Trinajstić information content (AvgIpc) is 2.29. The van der Waals surface area contributed by atoms with E-state index < -0.39 is 5.82 Å². The quantitative estimate of drug-likeness (QED) is 0.744. The fourth-order valence-corrected chi connectivity index (χ4v) is 1.33. The SMILES string of the molecule is CCOCC(=O)Cc1cccc(OC)c1F. The summed E-state index contributed by atoms with van der Waals surface area (Å²) >= 11 is 0. The molecule has 88 valence electrons. The van der Waals surface area contributed by atoms with Gasteiger partial charge in [0.15, 0.2) is 17.3 Å². The van der Waals surface area contributed by atoms with Crippen LogP contribution >= 0.6 is 0 Å². The summed E-state index contributed by atoms with van der Waals surface area (Å²) in [4.78, 5) is 11.4. The molecular formula is C12H15FO3. The molecule has 0 atom stereocenters. The van der Waals surface area contributed by atoms with Crippen LogP contribution in [0.4, 0.5) is 4.39 Å². The molecule has 0 radical (unpaired) electrons. The molecule has 1 aromatic rings. The van der Waals surface area contributed by atoms with Gasteiger partial charge in [0.1, 0.15) is 6.61 Å². The number of rotatable bonds is 6. The summed E-state index contributed by atoms with van der Waals surface area (Å²) in [5.74, 6) is -0.467. The first-order valence-corrected chi connectivity index (χ1v) is 5.09. The predicted octanol–water partition coefficient (Wildman–Crippen LogP) is 1.98. The van der Waals surface area contributed by atoms with Gasteiger partial charge in [-0.2, -0.15) is 0 Å². The van der Waals surface area contributed by atoms with Crippen LogP contribution in [-0.4, -0.2) is 26.1 Å². The highest BCUT2D eigenvalue weighted by atomic mass is 19.1. The zero-order valence-electron chi connectivity index (χ0n) is 9.46. The van der Waals surface area contributed by atoms with E-state index in [4.69, 9.17) is 9.47 Å². The van der Waals surface area contributed by atoms with Crippen LogP contribution < -0.4 is 4.74 Å². The Kier molecular flexibility index (Phi) is 4.92. The molecule has 0 saturated heterocycles. The van der Waals surface area contributed by atoms with Crippen LogP contribution in [0.25, 0.3) is 0 Å². The number of ketones is 1. The Labute approximate surface area is 94.2 Å². The number of methoxy groups -OCH3 is 1. The third-order valence-corrected chi connectivity index (χ3v) is 2.12. The van der Waals surface area contributed by atoms with Crippen molar-refractivity contribution in [3.63, 3.8) is 0 Å². The Morgan fingerprint density at radius 2 is 2.19 bits per heavy atom. The Morgan fingerprint density at radius 3 is 2.81 bits per heavy atom. The van der Waals surface area contributed by atoms with Crippen molar-refractivity contribution in [2.24, 2.45) is 0 Å². The number of benzene rings is 1. The molecule has 3 nitrogen and oxygen atoms in total. The molecule has 0 fully saturated rings. The maximum Gasteiger partial charge on any atom is 0.168 e. The van der Waals surface area contributed by atoms with E-state index in [0.717, 1.165) is 0 Å². The summed E-state index contributed by atoms with van der Waals surface area (Å²) in [7, 11) is 1.39. The molecule has 0 heterocycles. The van der Waals surface area contributed by atoms with Crippen LogP contribution in [0.3, 0.4) is 0 Å². The van der Waals surface area contributed by atoms with Crippen LogP contribution in [0.1, 0.15) is 12.5 Å². The third-order valence-electron chi connectivity index (χ3n) is 2.12. The number of Topliss-reactive ketones (excluding diaryl/α,β-unsaturated/α-hetero) is 1. The summed E-state index contributed by atoms with van der Waals surface area (Å²) in [6.07, 6.45) is 0.0308. The smallest absolute Gasteiger partial charge is 0.168 e. The second kappa shape index (κ2) is 6.23. The minimum Gasteiger partial charge on any atom is -0.494 e. The highest BCUT2D eigenvalue weighted by Crippen LogP contribution is 2.20. The molecule has 0 amide bonds. The molecule has 0 unspecified atom stereocenters. The van der Waals surface area contributed by atoms with Crippen LogP contribution in [0, 0.1) is 5.82 Å². The lowest BCUT2D eigenvalue weighted by Gasteiger charge is -2.06. The lowest BCUT2D eigenvalue weighted by atomic mass is 10.1. The summed E-state index contributed by atoms with van der Waals surface area (Å²) in [6, 6.07) is 4.75. The van der Waals surface area contributed by atoms with E-state index in [0.29, 0.717) is 12.2 Å². The largest absolute Gasteiger partial charge is 0.494 e. The van der Waals surface area contributed by atoms with E-state index in [-0.39, 0.29) is 24.6 Å². The van der Waals surface area contributed by atoms with Crippen molar-refractivity contribution < 1.29 is 18.7 Å². The van der Waals surface area contributed by atoms with E-state index in [1.807, 2.05) is 0 Å². The molecule has 4 heteroatoms. The molecule has 0 aliphatic rings. The maximum absolute atomic E-state index is 13.6. The topological polar surface area (TPSA) is 35.5 Å². The van der Waals surface area contributed by atoms with Crippen molar-refractivity contribution in [1.29, 1.82) is 0 Å². The number of carbonyl (C=O) groups excluding carboxylic acids is 1. The first kappa shape index (κ1) is 12.6. The molecule has 0 spiro atoms. The molecule has 1 aromatic carbocycles. The highest BCUT2D eigenvalue weighted by molar-refractivity contribution is 5.82. The van der Waals surface area contributed by atoms with Gasteiger partial charge in [0, 0.05) is 13.0 Å². The van der Waals surface area contributed by atoms with E-state index in [2.05, 4.69) is 0 Å². The van der Waals surface area contributed by atoms with Gasteiger partial charge in [-0.05, 0) is 18.6 Å². The average molecular weight is 226 g/mol. The summed E-state index contributed by atoms with van der Waals surface area (Å²) in [6.45, 7) is 2.30. The molecule has 1 rings (SSSR count). The minimum atomic E-state index is -0.477. The Morgan fingerprint density at radius 1 is 1.44 bits per heavy atom. The fraction of sp³-hybridized carbons (Fsp3) is 0.417. The first-order valence-electron chi connectivity index (χ1n) is 5.09. The molecule has 0 aliphatic heterocycles. The van der Waals surface area contributed by atoms with E-state index >= 15 is 0 Å². The Hall–Kier alpha value is -1.42. The van der Waals surface area contributed by atoms with Gasteiger partial charge >= 0.3 is 0 Å². The van der Waals surface area contributed by atoms with Gasteiger partial charge < -0.3 is 9.47 Å². The molecular weight excluding hydrogens is 211 g/mol. The summed E-state index contributed by atoms with van der Waals surface area (Å²) in [5, 5.41) is 0. The molecule has 0 aromatic heterocycles. The van der Waals surface area contributed by atoms with Gasteiger partial charge in [-0.25, -0.2) is 4.39 Å². The zero-order valence-corrected chi connectivity index (χ0v) is 9.46. The Balaban J connectivity index is 2.70. The molecule has 0 saturated carbocycles. The van der Waals surface area contributed by atoms with Gasteiger partial charge in [0.25, 0.3) is 0 Å². The molecule has 16 heavy (non-hydrogen) atoms. The van der Waals surface area contributed by atoms with E-state index in [9.17, 15) is 9.18 Å². The van der Waals surface area contributed by atoms with Crippen LogP contribution in [-0.2, 0) is 16.0 Å². The van der Waals surface area contributed by atoms with Gasteiger partial charge in [0.2, 0.25) is 0 Å². The van der Waals surface area contributed by atoms with E-state index in [1.165, 1.54) is 13.2 Å². The molecule has 0 aliphatic carbocycles. The number of ether oxygens (including phenoxy) is 2. The summed E-state index contributed by atoms with van der Waals surface area (Å²) in [5.41, 5.74) is 0.337. The van der Waals surface area contributed by atoms with Crippen LogP contribution in [0.2, 0.25) is 0 Å². The minimum absolute atomic E-state index is 0.0210. The van der Waals surface area contributed by atoms with Gasteiger partial charge in [-0.1, -0.05) is 12.1 Å². The molecule has 0 N–H and O–H groups in total. The van der Waals surface area contributed by atoms with Crippen LogP contribution in [0.5, 0.6) is 5.75 Å².